The van der Waals surface area contributed by atoms with E-state index in [9.17, 15) is 4.79 Å². The molecule has 0 bridgehead atoms. The number of hydrogen-bond acceptors (Lipinski definition) is 4. The predicted molar refractivity (Wildman–Crippen MR) is 111 cm³/mol. The van der Waals surface area contributed by atoms with Crippen LogP contribution >= 0.6 is 34.5 Å². The van der Waals surface area contributed by atoms with Gasteiger partial charge in [0.2, 0.25) is 0 Å². The van der Waals surface area contributed by atoms with Crippen molar-refractivity contribution >= 4 is 51.3 Å². The Morgan fingerprint density at radius 3 is 2.69 bits per heavy atom. The third kappa shape index (κ3) is 4.64. The quantitative estimate of drug-likeness (QED) is 0.498. The Bertz CT molecular complexity index is 935. The molecule has 0 aliphatic rings. The van der Waals surface area contributed by atoms with Gasteiger partial charge >= 0.3 is 0 Å². The molecular weight excluding hydrogens is 389 g/mol. The van der Waals surface area contributed by atoms with E-state index in [-0.39, 0.29) is 5.91 Å². The SMILES string of the molecule is C=CCNc1nc(-c2cccc(NC(=O)c3cc(Cl)cc(Cl)c3)c2)cs1. The number of nitrogens with one attached hydrogen (secondary N) is 2. The molecule has 0 unspecified atom stereocenters. The van der Waals surface area contributed by atoms with Gasteiger partial charge in [0.05, 0.1) is 5.69 Å². The summed E-state index contributed by atoms with van der Waals surface area (Å²) in [6, 6.07) is 12.2. The van der Waals surface area contributed by atoms with Gasteiger partial charge in [-0.1, -0.05) is 41.4 Å². The highest BCUT2D eigenvalue weighted by atomic mass is 35.5. The van der Waals surface area contributed by atoms with Gasteiger partial charge in [-0.2, -0.15) is 0 Å². The summed E-state index contributed by atoms with van der Waals surface area (Å²) in [5, 5.41) is 9.63. The molecule has 2 aromatic carbocycles. The normalized spacial score (nSPS) is 10.4. The molecule has 0 radical (unpaired) electrons. The first-order valence-electron chi connectivity index (χ1n) is 7.73. The molecule has 4 nitrogen and oxygen atoms in total. The average molecular weight is 404 g/mol. The zero-order valence-corrected chi connectivity index (χ0v) is 16.0. The van der Waals surface area contributed by atoms with E-state index in [4.69, 9.17) is 23.2 Å². The number of halogens is 2. The lowest BCUT2D eigenvalue weighted by molar-refractivity contribution is 0.102. The summed E-state index contributed by atoms with van der Waals surface area (Å²) in [4.78, 5) is 17.0. The minimum absolute atomic E-state index is 0.279. The summed E-state index contributed by atoms with van der Waals surface area (Å²) >= 11 is 13.4. The number of thiazole rings is 1. The number of nitrogens with zero attached hydrogens (tertiary/aromatic N) is 1. The lowest BCUT2D eigenvalue weighted by atomic mass is 10.1. The first-order valence-corrected chi connectivity index (χ1v) is 9.37. The van der Waals surface area contributed by atoms with Crippen molar-refractivity contribution in [2.24, 2.45) is 0 Å². The summed E-state index contributed by atoms with van der Waals surface area (Å²) in [5.74, 6) is -0.279. The number of rotatable bonds is 6. The minimum atomic E-state index is -0.279. The molecule has 0 fully saturated rings. The highest BCUT2D eigenvalue weighted by Crippen LogP contribution is 2.27. The Hall–Kier alpha value is -2.34. The van der Waals surface area contributed by atoms with Crippen LogP contribution in [0.5, 0.6) is 0 Å². The van der Waals surface area contributed by atoms with E-state index in [0.717, 1.165) is 16.4 Å². The van der Waals surface area contributed by atoms with Gasteiger partial charge in [-0.15, -0.1) is 17.9 Å². The summed E-state index contributed by atoms with van der Waals surface area (Å²) in [6.45, 7) is 4.33. The highest BCUT2D eigenvalue weighted by molar-refractivity contribution is 7.14. The Morgan fingerprint density at radius 1 is 1.19 bits per heavy atom. The molecular formula is C19H15Cl2N3OS. The summed E-state index contributed by atoms with van der Waals surface area (Å²) in [7, 11) is 0. The van der Waals surface area contributed by atoms with E-state index in [0.29, 0.717) is 27.8 Å². The topological polar surface area (TPSA) is 54.0 Å². The maximum absolute atomic E-state index is 12.4. The third-order valence-corrected chi connectivity index (χ3v) is 4.68. The third-order valence-electron chi connectivity index (χ3n) is 3.44. The van der Waals surface area contributed by atoms with Crippen molar-refractivity contribution < 1.29 is 4.79 Å². The Balaban J connectivity index is 1.77. The fourth-order valence-electron chi connectivity index (χ4n) is 2.29. The van der Waals surface area contributed by atoms with Crippen LogP contribution < -0.4 is 10.6 Å². The van der Waals surface area contributed by atoms with Gasteiger partial charge in [-0.3, -0.25) is 4.79 Å². The molecule has 7 heteroatoms. The Kier molecular flexibility index (Phi) is 5.93. The van der Waals surface area contributed by atoms with Crippen molar-refractivity contribution in [3.05, 3.63) is 76.1 Å². The first kappa shape index (κ1) is 18.5. The van der Waals surface area contributed by atoms with Crippen LogP contribution in [0.15, 0.2) is 60.5 Å². The second-order valence-electron chi connectivity index (χ2n) is 5.40. The molecule has 0 aliphatic heterocycles. The average Bonchev–Trinajstić information content (AvgIpc) is 3.08. The van der Waals surface area contributed by atoms with Crippen LogP contribution in [0.4, 0.5) is 10.8 Å². The van der Waals surface area contributed by atoms with E-state index >= 15 is 0 Å². The first-order chi connectivity index (χ1) is 12.5. The number of carbonyl (C=O) groups excluding carboxylic acids is 1. The molecule has 2 N–H and O–H groups in total. The number of carbonyl (C=O) groups is 1. The number of amides is 1. The van der Waals surface area contributed by atoms with Gasteiger partial charge in [-0.05, 0) is 30.3 Å². The Labute approximate surface area is 165 Å². The van der Waals surface area contributed by atoms with Crippen molar-refractivity contribution in [3.8, 4) is 11.3 Å². The van der Waals surface area contributed by atoms with Crippen molar-refractivity contribution in [1.29, 1.82) is 0 Å². The van der Waals surface area contributed by atoms with Crippen LogP contribution in [-0.4, -0.2) is 17.4 Å². The number of aromatic nitrogens is 1. The molecule has 0 aliphatic carbocycles. The molecule has 0 atom stereocenters. The molecule has 0 saturated heterocycles. The minimum Gasteiger partial charge on any atom is -0.358 e. The fourth-order valence-corrected chi connectivity index (χ4v) is 3.55. The van der Waals surface area contributed by atoms with Crippen molar-refractivity contribution in [2.75, 3.05) is 17.2 Å². The molecule has 1 amide bonds. The highest BCUT2D eigenvalue weighted by Gasteiger charge is 2.10. The van der Waals surface area contributed by atoms with Gasteiger partial charge in [0, 0.05) is 38.8 Å². The molecule has 1 heterocycles. The number of benzene rings is 2. The van der Waals surface area contributed by atoms with Crippen LogP contribution in [0.2, 0.25) is 10.0 Å². The molecule has 132 valence electrons. The number of anilines is 2. The molecule has 1 aromatic heterocycles. The molecule has 3 aromatic rings. The van der Waals surface area contributed by atoms with E-state index in [1.807, 2.05) is 29.6 Å². The standard InChI is InChI=1S/C19H15Cl2N3OS/c1-2-6-22-19-24-17(11-26-19)12-4-3-5-16(9-12)23-18(25)13-7-14(20)10-15(21)8-13/h2-5,7-11H,1,6H2,(H,22,24)(H,23,25). The zero-order chi connectivity index (χ0) is 18.5. The summed E-state index contributed by atoms with van der Waals surface area (Å²) < 4.78 is 0. The van der Waals surface area contributed by atoms with Crippen LogP contribution in [0.3, 0.4) is 0 Å². The van der Waals surface area contributed by atoms with E-state index in [2.05, 4.69) is 22.2 Å². The second kappa shape index (κ2) is 8.36. The van der Waals surface area contributed by atoms with Gasteiger partial charge in [-0.25, -0.2) is 4.98 Å². The van der Waals surface area contributed by atoms with Crippen LogP contribution in [-0.2, 0) is 0 Å². The van der Waals surface area contributed by atoms with Gasteiger partial charge in [0.25, 0.3) is 5.91 Å². The fraction of sp³-hybridized carbons (Fsp3) is 0.0526. The smallest absolute Gasteiger partial charge is 0.255 e. The second-order valence-corrected chi connectivity index (χ2v) is 7.13. The van der Waals surface area contributed by atoms with Gasteiger partial charge in [0.1, 0.15) is 0 Å². The van der Waals surface area contributed by atoms with Crippen LogP contribution in [0.25, 0.3) is 11.3 Å². The molecule has 26 heavy (non-hydrogen) atoms. The van der Waals surface area contributed by atoms with E-state index in [1.165, 1.54) is 11.3 Å². The van der Waals surface area contributed by atoms with Crippen molar-refractivity contribution in [2.45, 2.75) is 0 Å². The maximum atomic E-state index is 12.4. The molecule has 0 saturated carbocycles. The lowest BCUT2D eigenvalue weighted by Crippen LogP contribution is -2.11. The van der Waals surface area contributed by atoms with Crippen LogP contribution in [0.1, 0.15) is 10.4 Å². The van der Waals surface area contributed by atoms with Crippen LogP contribution in [0, 0.1) is 0 Å². The monoisotopic (exact) mass is 403 g/mol. The van der Waals surface area contributed by atoms with Crippen molar-refractivity contribution in [3.63, 3.8) is 0 Å². The summed E-state index contributed by atoms with van der Waals surface area (Å²) in [5.41, 5.74) is 2.81. The van der Waals surface area contributed by atoms with Gasteiger partial charge in [0.15, 0.2) is 5.13 Å². The maximum Gasteiger partial charge on any atom is 0.255 e. The molecule has 0 spiro atoms. The van der Waals surface area contributed by atoms with E-state index in [1.54, 1.807) is 24.3 Å². The predicted octanol–water partition coefficient (Wildman–Crippen LogP) is 5.97. The van der Waals surface area contributed by atoms with E-state index < -0.39 is 0 Å². The Morgan fingerprint density at radius 2 is 1.96 bits per heavy atom. The van der Waals surface area contributed by atoms with Gasteiger partial charge < -0.3 is 10.6 Å². The lowest BCUT2D eigenvalue weighted by Gasteiger charge is -2.07. The number of hydrogen-bond donors (Lipinski definition) is 2. The zero-order valence-electron chi connectivity index (χ0n) is 13.6. The largest absolute Gasteiger partial charge is 0.358 e. The van der Waals surface area contributed by atoms with Crippen molar-refractivity contribution in [1.82, 2.24) is 4.98 Å². The summed E-state index contributed by atoms with van der Waals surface area (Å²) in [6.07, 6.45) is 1.78. The molecule has 3 rings (SSSR count).